The van der Waals surface area contributed by atoms with E-state index in [1.807, 2.05) is 12.2 Å². The zero-order chi connectivity index (χ0) is 15.2. The average molecular weight is 313 g/mol. The molecular weight excluding hydrogens is 294 g/mol. The summed E-state index contributed by atoms with van der Waals surface area (Å²) in [6.07, 6.45) is 5.70. The molecule has 2 fully saturated rings. The number of hydrogen-bond acceptors (Lipinski definition) is 4. The zero-order valence-corrected chi connectivity index (χ0v) is 12.4. The highest BCUT2D eigenvalue weighted by Gasteiger charge is 2.51. The van der Waals surface area contributed by atoms with Crippen molar-refractivity contribution in [2.24, 2.45) is 23.7 Å². The van der Waals surface area contributed by atoms with Crippen LogP contribution in [-0.2, 0) is 19.4 Å². The molecule has 3 rings (SSSR count). The molecule has 0 spiro atoms. The van der Waals surface area contributed by atoms with Gasteiger partial charge in [0.05, 0.1) is 23.3 Å². The molecule has 5 atom stereocenters. The third kappa shape index (κ3) is 2.71. The minimum Gasteiger partial charge on any atom is -0.481 e. The van der Waals surface area contributed by atoms with Gasteiger partial charge >= 0.3 is 5.97 Å². The van der Waals surface area contributed by atoms with Crippen LogP contribution < -0.4 is 5.32 Å². The number of allylic oxidation sites excluding steroid dienone is 2. The van der Waals surface area contributed by atoms with E-state index in [0.717, 1.165) is 0 Å². The zero-order valence-electron chi connectivity index (χ0n) is 11.6. The molecule has 0 radical (unpaired) electrons. The summed E-state index contributed by atoms with van der Waals surface area (Å²) in [7, 11) is -3.09. The fraction of sp³-hybridized carbons (Fsp3) is 0.714. The Kier molecular flexibility index (Phi) is 3.55. The van der Waals surface area contributed by atoms with Gasteiger partial charge in [0.1, 0.15) is 0 Å². The molecule has 3 aliphatic rings. The Morgan fingerprint density at radius 3 is 2.43 bits per heavy atom. The lowest BCUT2D eigenvalue weighted by Crippen LogP contribution is -2.48. The van der Waals surface area contributed by atoms with E-state index in [-0.39, 0.29) is 35.3 Å². The van der Waals surface area contributed by atoms with E-state index in [0.29, 0.717) is 19.3 Å². The monoisotopic (exact) mass is 313 g/mol. The number of carbonyl (C=O) groups is 2. The summed E-state index contributed by atoms with van der Waals surface area (Å²) in [4.78, 5) is 23.8. The maximum absolute atomic E-state index is 12.4. The van der Waals surface area contributed by atoms with Crippen LogP contribution >= 0.6 is 0 Å². The van der Waals surface area contributed by atoms with Crippen molar-refractivity contribution in [2.45, 2.75) is 25.3 Å². The maximum Gasteiger partial charge on any atom is 0.307 e. The van der Waals surface area contributed by atoms with Crippen LogP contribution in [0.1, 0.15) is 19.3 Å². The van der Waals surface area contributed by atoms with Crippen molar-refractivity contribution in [1.82, 2.24) is 5.32 Å². The first-order valence-electron chi connectivity index (χ1n) is 7.29. The van der Waals surface area contributed by atoms with Gasteiger partial charge in [-0.15, -0.1) is 0 Å². The molecule has 1 amide bonds. The van der Waals surface area contributed by atoms with Crippen LogP contribution in [-0.4, -0.2) is 42.9 Å². The van der Waals surface area contributed by atoms with Gasteiger partial charge in [0.2, 0.25) is 5.91 Å². The van der Waals surface area contributed by atoms with Crippen LogP contribution in [0.25, 0.3) is 0 Å². The van der Waals surface area contributed by atoms with E-state index in [1.165, 1.54) is 0 Å². The molecule has 1 heterocycles. The van der Waals surface area contributed by atoms with E-state index in [2.05, 4.69) is 5.32 Å². The van der Waals surface area contributed by atoms with Crippen LogP contribution in [0.5, 0.6) is 0 Å². The molecule has 1 saturated heterocycles. The Morgan fingerprint density at radius 1 is 1.14 bits per heavy atom. The second-order valence-corrected chi connectivity index (χ2v) is 8.53. The van der Waals surface area contributed by atoms with Gasteiger partial charge in [0.25, 0.3) is 0 Å². The van der Waals surface area contributed by atoms with Gasteiger partial charge < -0.3 is 10.4 Å². The van der Waals surface area contributed by atoms with Gasteiger partial charge in [0, 0.05) is 6.04 Å². The van der Waals surface area contributed by atoms with Crippen molar-refractivity contribution in [3.05, 3.63) is 12.2 Å². The number of hydrogen-bond donors (Lipinski definition) is 2. The molecule has 7 heteroatoms. The molecule has 6 nitrogen and oxygen atoms in total. The summed E-state index contributed by atoms with van der Waals surface area (Å²) in [6.45, 7) is 0. The smallest absolute Gasteiger partial charge is 0.307 e. The van der Waals surface area contributed by atoms with E-state index in [1.54, 1.807) is 0 Å². The molecule has 0 aromatic rings. The topological polar surface area (TPSA) is 101 Å². The largest absolute Gasteiger partial charge is 0.481 e. The number of nitrogens with one attached hydrogen (secondary N) is 1. The van der Waals surface area contributed by atoms with Gasteiger partial charge in [-0.25, -0.2) is 8.42 Å². The number of carboxylic acids is 1. The summed E-state index contributed by atoms with van der Waals surface area (Å²) in [5.41, 5.74) is 0. The Balaban J connectivity index is 1.70. The second kappa shape index (κ2) is 5.12. The minimum absolute atomic E-state index is 0.0312. The van der Waals surface area contributed by atoms with Gasteiger partial charge in [0.15, 0.2) is 9.84 Å². The molecule has 0 aromatic carbocycles. The molecule has 5 unspecified atom stereocenters. The Labute approximate surface area is 123 Å². The van der Waals surface area contributed by atoms with Crippen molar-refractivity contribution in [2.75, 3.05) is 11.5 Å². The van der Waals surface area contributed by atoms with Crippen molar-refractivity contribution in [3.63, 3.8) is 0 Å². The Morgan fingerprint density at radius 2 is 1.81 bits per heavy atom. The molecule has 2 N–H and O–H groups in total. The highest BCUT2D eigenvalue weighted by molar-refractivity contribution is 7.91. The predicted molar refractivity (Wildman–Crippen MR) is 75.2 cm³/mol. The Hall–Kier alpha value is -1.37. The molecule has 116 valence electrons. The first-order valence-corrected chi connectivity index (χ1v) is 9.11. The van der Waals surface area contributed by atoms with E-state index >= 15 is 0 Å². The number of sulfone groups is 1. The minimum atomic E-state index is -3.09. The molecule has 0 aromatic heterocycles. The lowest BCUT2D eigenvalue weighted by Gasteiger charge is -2.28. The van der Waals surface area contributed by atoms with Crippen molar-refractivity contribution in [1.29, 1.82) is 0 Å². The van der Waals surface area contributed by atoms with Crippen LogP contribution in [0.4, 0.5) is 0 Å². The van der Waals surface area contributed by atoms with Gasteiger partial charge in [-0.1, -0.05) is 12.2 Å². The highest BCUT2D eigenvalue weighted by atomic mass is 32.2. The summed E-state index contributed by atoms with van der Waals surface area (Å²) >= 11 is 0. The lowest BCUT2D eigenvalue weighted by molar-refractivity contribution is -0.148. The number of rotatable bonds is 3. The van der Waals surface area contributed by atoms with E-state index in [9.17, 15) is 23.1 Å². The predicted octanol–water partition coefficient (Wildman–Crippen LogP) is 0.203. The third-order valence-corrected chi connectivity index (χ3v) is 6.68. The quantitative estimate of drug-likeness (QED) is 0.725. The van der Waals surface area contributed by atoms with Crippen LogP contribution in [0.3, 0.4) is 0 Å². The molecule has 21 heavy (non-hydrogen) atoms. The number of aliphatic carboxylic acids is 1. The molecule has 1 saturated carbocycles. The van der Waals surface area contributed by atoms with Crippen molar-refractivity contribution >= 4 is 21.7 Å². The van der Waals surface area contributed by atoms with Crippen LogP contribution in [0, 0.1) is 23.7 Å². The lowest BCUT2D eigenvalue weighted by atomic mass is 9.82. The normalized spacial score (nSPS) is 40.1. The fourth-order valence-corrected chi connectivity index (χ4v) is 5.59. The van der Waals surface area contributed by atoms with E-state index < -0.39 is 27.6 Å². The van der Waals surface area contributed by atoms with E-state index in [4.69, 9.17) is 0 Å². The first kappa shape index (κ1) is 14.6. The first-order chi connectivity index (χ1) is 9.87. The SMILES string of the molecule is O=C(O)C1C2C=CC(C2)C1C(=O)NC1CCCS(=O)(=O)C1. The summed E-state index contributed by atoms with van der Waals surface area (Å²) in [6, 6.07) is -0.381. The van der Waals surface area contributed by atoms with Gasteiger partial charge in [-0.2, -0.15) is 0 Å². The molecule has 2 bridgehead atoms. The van der Waals surface area contributed by atoms with Crippen molar-refractivity contribution < 1.29 is 23.1 Å². The number of carbonyl (C=O) groups excluding carboxylic acids is 1. The number of amides is 1. The fourth-order valence-electron chi connectivity index (χ4n) is 3.95. The average Bonchev–Trinajstić information content (AvgIpc) is 2.97. The molecular formula is C14H19NO5S. The highest BCUT2D eigenvalue weighted by Crippen LogP contribution is 2.48. The third-order valence-electron chi connectivity index (χ3n) is 4.86. The number of fused-ring (bicyclic) bond motifs is 2. The second-order valence-electron chi connectivity index (χ2n) is 6.30. The summed E-state index contributed by atoms with van der Waals surface area (Å²) < 4.78 is 23.2. The number of carboxylic acid groups (broad SMARTS) is 1. The van der Waals surface area contributed by atoms with Gasteiger partial charge in [-0.3, -0.25) is 9.59 Å². The van der Waals surface area contributed by atoms with Crippen LogP contribution in [0.15, 0.2) is 12.2 Å². The molecule has 2 aliphatic carbocycles. The Bertz CT molecular complexity index is 596. The van der Waals surface area contributed by atoms with Gasteiger partial charge in [-0.05, 0) is 31.1 Å². The molecule has 1 aliphatic heterocycles. The standard InChI is InChI=1S/C14H19NO5S/c16-13(15-10-2-1-5-21(19,20)7-10)11-8-3-4-9(6-8)12(11)14(17)18/h3-4,8-12H,1-2,5-7H2,(H,15,16)(H,17,18). The maximum atomic E-state index is 12.4. The van der Waals surface area contributed by atoms with Crippen LogP contribution in [0.2, 0.25) is 0 Å². The van der Waals surface area contributed by atoms with Crippen molar-refractivity contribution in [3.8, 4) is 0 Å². The summed E-state index contributed by atoms with van der Waals surface area (Å²) in [5, 5.41) is 12.1. The summed E-state index contributed by atoms with van der Waals surface area (Å²) in [5.74, 6) is -2.46.